The normalized spacial score (nSPS) is 11.8. The molecule has 0 unspecified atom stereocenters. The zero-order valence-electron chi connectivity index (χ0n) is 14.5. The number of rotatable bonds is 6. The van der Waals surface area contributed by atoms with Crippen LogP contribution in [-0.4, -0.2) is 32.8 Å². The van der Waals surface area contributed by atoms with Crippen molar-refractivity contribution < 1.29 is 22.3 Å². The van der Waals surface area contributed by atoms with E-state index >= 15 is 0 Å². The highest BCUT2D eigenvalue weighted by Crippen LogP contribution is 2.25. The molecule has 3 rings (SSSR count). The SMILES string of the molecule is Cc1nn(CCc2nnc(-c3cccc(OCC(F)(F)F)c3)o2)c(C)c1Cl. The zero-order valence-corrected chi connectivity index (χ0v) is 15.3. The maximum Gasteiger partial charge on any atom is 0.422 e. The van der Waals surface area contributed by atoms with Gasteiger partial charge in [0.2, 0.25) is 11.8 Å². The van der Waals surface area contributed by atoms with Gasteiger partial charge in [0.25, 0.3) is 0 Å². The number of alkyl halides is 3. The highest BCUT2D eigenvalue weighted by Gasteiger charge is 2.28. The van der Waals surface area contributed by atoms with E-state index in [0.717, 1.165) is 11.4 Å². The Balaban J connectivity index is 1.67. The molecule has 0 radical (unpaired) electrons. The molecule has 0 saturated carbocycles. The summed E-state index contributed by atoms with van der Waals surface area (Å²) in [5, 5.41) is 12.9. The maximum absolute atomic E-state index is 12.3. The Bertz CT molecular complexity index is 937. The van der Waals surface area contributed by atoms with Gasteiger partial charge in [-0.25, -0.2) is 0 Å². The molecule has 0 saturated heterocycles. The largest absolute Gasteiger partial charge is 0.484 e. The van der Waals surface area contributed by atoms with Crippen molar-refractivity contribution in [3.63, 3.8) is 0 Å². The van der Waals surface area contributed by atoms with Gasteiger partial charge in [-0.15, -0.1) is 10.2 Å². The second kappa shape index (κ2) is 7.59. The Morgan fingerprint density at radius 1 is 1.22 bits per heavy atom. The van der Waals surface area contributed by atoms with Crippen LogP contribution >= 0.6 is 11.6 Å². The molecule has 1 aromatic carbocycles. The molecule has 10 heteroatoms. The molecule has 0 N–H and O–H groups in total. The number of hydrogen-bond acceptors (Lipinski definition) is 5. The summed E-state index contributed by atoms with van der Waals surface area (Å²) >= 11 is 6.12. The van der Waals surface area contributed by atoms with E-state index in [4.69, 9.17) is 20.8 Å². The zero-order chi connectivity index (χ0) is 19.6. The first-order chi connectivity index (χ1) is 12.7. The van der Waals surface area contributed by atoms with Crippen molar-refractivity contribution in [2.45, 2.75) is 33.0 Å². The second-order valence-corrected chi connectivity index (χ2v) is 6.27. The number of halogens is 4. The fourth-order valence-electron chi connectivity index (χ4n) is 2.45. The van der Waals surface area contributed by atoms with Crippen LogP contribution in [0.25, 0.3) is 11.5 Å². The molecular formula is C17H16ClF3N4O2. The van der Waals surface area contributed by atoms with Crippen molar-refractivity contribution in [3.8, 4) is 17.2 Å². The fourth-order valence-corrected chi connectivity index (χ4v) is 2.59. The van der Waals surface area contributed by atoms with Crippen molar-refractivity contribution in [2.24, 2.45) is 0 Å². The highest BCUT2D eigenvalue weighted by molar-refractivity contribution is 6.31. The number of ether oxygens (including phenoxy) is 1. The molecule has 0 spiro atoms. The molecule has 0 bridgehead atoms. The number of nitrogens with zero attached hydrogens (tertiary/aromatic N) is 4. The first-order valence-corrected chi connectivity index (χ1v) is 8.42. The van der Waals surface area contributed by atoms with Gasteiger partial charge < -0.3 is 9.15 Å². The topological polar surface area (TPSA) is 66.0 Å². The van der Waals surface area contributed by atoms with Crippen molar-refractivity contribution in [1.29, 1.82) is 0 Å². The lowest BCUT2D eigenvalue weighted by Gasteiger charge is -2.09. The molecule has 0 aliphatic rings. The van der Waals surface area contributed by atoms with Crippen LogP contribution in [0.4, 0.5) is 13.2 Å². The summed E-state index contributed by atoms with van der Waals surface area (Å²) in [4.78, 5) is 0. The van der Waals surface area contributed by atoms with Gasteiger partial charge in [0, 0.05) is 18.5 Å². The van der Waals surface area contributed by atoms with E-state index in [1.165, 1.54) is 12.1 Å². The van der Waals surface area contributed by atoms with Crippen LogP contribution < -0.4 is 4.74 Å². The quantitative estimate of drug-likeness (QED) is 0.614. The summed E-state index contributed by atoms with van der Waals surface area (Å²) in [5.74, 6) is 0.658. The van der Waals surface area contributed by atoms with E-state index < -0.39 is 12.8 Å². The van der Waals surface area contributed by atoms with Gasteiger partial charge in [0.1, 0.15) is 5.75 Å². The fraction of sp³-hybridized carbons (Fsp3) is 0.353. The van der Waals surface area contributed by atoms with Gasteiger partial charge in [-0.2, -0.15) is 18.3 Å². The molecule has 0 amide bonds. The summed E-state index contributed by atoms with van der Waals surface area (Å²) in [7, 11) is 0. The van der Waals surface area contributed by atoms with Gasteiger partial charge in [-0.3, -0.25) is 4.68 Å². The highest BCUT2D eigenvalue weighted by atomic mass is 35.5. The molecule has 2 aromatic heterocycles. The summed E-state index contributed by atoms with van der Waals surface area (Å²) in [5.41, 5.74) is 2.07. The van der Waals surface area contributed by atoms with E-state index in [1.54, 1.807) is 16.8 Å². The van der Waals surface area contributed by atoms with Gasteiger partial charge in [0.05, 0.1) is 16.4 Å². The number of benzene rings is 1. The van der Waals surface area contributed by atoms with E-state index in [9.17, 15) is 13.2 Å². The van der Waals surface area contributed by atoms with Crippen LogP contribution in [0.2, 0.25) is 5.02 Å². The molecule has 144 valence electrons. The number of hydrogen-bond donors (Lipinski definition) is 0. The average Bonchev–Trinajstić information content (AvgIpc) is 3.19. The van der Waals surface area contributed by atoms with E-state index in [0.29, 0.717) is 29.4 Å². The standard InChI is InChI=1S/C17H16ClF3N4O2/c1-10-15(18)11(2)25(24-10)7-6-14-22-23-16(27-14)12-4-3-5-13(8-12)26-9-17(19,20)21/h3-5,8H,6-7,9H2,1-2H3. The maximum atomic E-state index is 12.3. The molecule has 0 atom stereocenters. The monoisotopic (exact) mass is 400 g/mol. The first-order valence-electron chi connectivity index (χ1n) is 8.05. The Labute approximate surface area is 157 Å². The van der Waals surface area contributed by atoms with Crippen LogP contribution in [0, 0.1) is 13.8 Å². The van der Waals surface area contributed by atoms with Crippen LogP contribution in [0.1, 0.15) is 17.3 Å². The van der Waals surface area contributed by atoms with E-state index in [-0.39, 0.29) is 11.6 Å². The number of aromatic nitrogens is 4. The lowest BCUT2D eigenvalue weighted by atomic mass is 10.2. The van der Waals surface area contributed by atoms with Gasteiger partial charge >= 0.3 is 6.18 Å². The Hall–Kier alpha value is -2.55. The smallest absolute Gasteiger partial charge is 0.422 e. The van der Waals surface area contributed by atoms with Gasteiger partial charge in [-0.05, 0) is 32.0 Å². The van der Waals surface area contributed by atoms with Crippen LogP contribution in [-0.2, 0) is 13.0 Å². The first kappa shape index (κ1) is 19.2. The predicted molar refractivity (Wildman–Crippen MR) is 91.7 cm³/mol. The summed E-state index contributed by atoms with van der Waals surface area (Å²) in [6.07, 6.45) is -3.96. The molecular weight excluding hydrogens is 385 g/mol. The third-order valence-electron chi connectivity index (χ3n) is 3.78. The molecule has 27 heavy (non-hydrogen) atoms. The molecule has 0 fully saturated rings. The van der Waals surface area contributed by atoms with Crippen molar-refractivity contribution in [2.75, 3.05) is 6.61 Å². The minimum absolute atomic E-state index is 0.0712. The Kier molecular flexibility index (Phi) is 5.41. The molecule has 6 nitrogen and oxygen atoms in total. The summed E-state index contributed by atoms with van der Waals surface area (Å²) < 4.78 is 48.9. The second-order valence-electron chi connectivity index (χ2n) is 5.89. The molecule has 0 aliphatic carbocycles. The van der Waals surface area contributed by atoms with Crippen molar-refractivity contribution in [1.82, 2.24) is 20.0 Å². The van der Waals surface area contributed by atoms with E-state index in [1.807, 2.05) is 13.8 Å². The minimum atomic E-state index is -4.40. The third kappa shape index (κ3) is 4.79. The Morgan fingerprint density at radius 3 is 2.67 bits per heavy atom. The lowest BCUT2D eigenvalue weighted by molar-refractivity contribution is -0.153. The van der Waals surface area contributed by atoms with Crippen molar-refractivity contribution in [3.05, 3.63) is 46.6 Å². The van der Waals surface area contributed by atoms with E-state index in [2.05, 4.69) is 15.3 Å². The molecule has 0 aliphatic heterocycles. The number of aryl methyl sites for hydroxylation is 3. The predicted octanol–water partition coefficient (Wildman–Crippen LogP) is 4.39. The molecule has 3 aromatic rings. The minimum Gasteiger partial charge on any atom is -0.484 e. The average molecular weight is 401 g/mol. The van der Waals surface area contributed by atoms with Crippen LogP contribution in [0.15, 0.2) is 28.7 Å². The molecule has 2 heterocycles. The van der Waals surface area contributed by atoms with Gasteiger partial charge in [-0.1, -0.05) is 17.7 Å². The third-order valence-corrected chi connectivity index (χ3v) is 4.33. The summed E-state index contributed by atoms with van der Waals surface area (Å²) in [6, 6.07) is 6.06. The Morgan fingerprint density at radius 2 is 2.00 bits per heavy atom. The van der Waals surface area contributed by atoms with Crippen molar-refractivity contribution >= 4 is 11.6 Å². The summed E-state index contributed by atoms with van der Waals surface area (Å²) in [6.45, 7) is 2.84. The van der Waals surface area contributed by atoms with Crippen LogP contribution in [0.5, 0.6) is 5.75 Å². The van der Waals surface area contributed by atoms with Gasteiger partial charge in [0.15, 0.2) is 6.61 Å². The van der Waals surface area contributed by atoms with Crippen LogP contribution in [0.3, 0.4) is 0 Å². The lowest BCUT2D eigenvalue weighted by Crippen LogP contribution is -2.19.